The Labute approximate surface area is 76.5 Å². The lowest BCUT2D eigenvalue weighted by atomic mass is 10.2. The minimum Gasteiger partial charge on any atom is -0.166 e. The maximum Gasteiger partial charge on any atom is 0.415 e. The highest BCUT2D eigenvalue weighted by atomic mass is 19.4. The first-order chi connectivity index (χ1) is 5.88. The van der Waals surface area contributed by atoms with Crippen LogP contribution in [0.15, 0.2) is 36.0 Å². The highest BCUT2D eigenvalue weighted by Crippen LogP contribution is 2.24. The fourth-order valence-corrected chi connectivity index (χ4v) is 0.717. The topological polar surface area (TPSA) is 0 Å². The molecule has 0 aliphatic carbocycles. The van der Waals surface area contributed by atoms with Crippen molar-refractivity contribution in [2.24, 2.45) is 0 Å². The number of allylic oxidation sites excluding steroid dienone is 5. The predicted octanol–water partition coefficient (Wildman–Crippen LogP) is 4.02. The van der Waals surface area contributed by atoms with E-state index in [0.29, 0.717) is 0 Å². The molecule has 0 radical (unpaired) electrons. The van der Waals surface area contributed by atoms with Crippen molar-refractivity contribution >= 4 is 0 Å². The molecule has 74 valence electrons. The van der Waals surface area contributed by atoms with Gasteiger partial charge in [-0.1, -0.05) is 37.3 Å². The van der Waals surface area contributed by atoms with E-state index in [1.165, 1.54) is 6.08 Å². The molecule has 0 N–H and O–H groups in total. The molecule has 0 aromatic rings. The lowest BCUT2D eigenvalue weighted by molar-refractivity contribution is -0.0878. The molecule has 0 unspecified atom stereocenters. The van der Waals surface area contributed by atoms with Gasteiger partial charge in [-0.25, -0.2) is 0 Å². The van der Waals surface area contributed by atoms with Gasteiger partial charge in [0.05, 0.1) is 0 Å². The SMILES string of the molecule is C=C(/C=C\C(C)=C/CC)C(F)(F)F. The average molecular weight is 190 g/mol. The number of rotatable bonds is 3. The zero-order valence-electron chi connectivity index (χ0n) is 7.78. The Morgan fingerprint density at radius 3 is 2.23 bits per heavy atom. The van der Waals surface area contributed by atoms with Crippen molar-refractivity contribution in [1.82, 2.24) is 0 Å². The van der Waals surface area contributed by atoms with Crippen LogP contribution < -0.4 is 0 Å². The molecular weight excluding hydrogens is 177 g/mol. The molecule has 0 atom stereocenters. The molecular formula is C10H13F3. The summed E-state index contributed by atoms with van der Waals surface area (Å²) in [7, 11) is 0. The highest BCUT2D eigenvalue weighted by Gasteiger charge is 2.29. The van der Waals surface area contributed by atoms with Gasteiger partial charge in [-0.15, -0.1) is 0 Å². The maximum absolute atomic E-state index is 11.9. The number of hydrogen-bond acceptors (Lipinski definition) is 0. The third-order valence-corrected chi connectivity index (χ3v) is 1.44. The molecule has 0 rings (SSSR count). The normalized spacial score (nSPS) is 13.8. The first kappa shape index (κ1) is 12.0. The van der Waals surface area contributed by atoms with E-state index in [1.54, 1.807) is 6.92 Å². The molecule has 13 heavy (non-hydrogen) atoms. The lowest BCUT2D eigenvalue weighted by Gasteiger charge is -2.04. The lowest BCUT2D eigenvalue weighted by Crippen LogP contribution is -2.08. The first-order valence-corrected chi connectivity index (χ1v) is 3.99. The van der Waals surface area contributed by atoms with Crippen molar-refractivity contribution < 1.29 is 13.2 Å². The van der Waals surface area contributed by atoms with Crippen LogP contribution in [0.3, 0.4) is 0 Å². The van der Waals surface area contributed by atoms with Gasteiger partial charge < -0.3 is 0 Å². The second kappa shape index (κ2) is 4.90. The summed E-state index contributed by atoms with van der Waals surface area (Å²) in [6.45, 7) is 6.60. The highest BCUT2D eigenvalue weighted by molar-refractivity contribution is 5.27. The van der Waals surface area contributed by atoms with Crippen LogP contribution in [0.1, 0.15) is 20.3 Å². The smallest absolute Gasteiger partial charge is 0.166 e. The zero-order chi connectivity index (χ0) is 10.5. The molecule has 0 nitrogen and oxygen atoms in total. The molecule has 3 heteroatoms. The van der Waals surface area contributed by atoms with Crippen LogP contribution in [0, 0.1) is 0 Å². The molecule has 0 fully saturated rings. The van der Waals surface area contributed by atoms with Crippen LogP contribution in [0.2, 0.25) is 0 Å². The van der Waals surface area contributed by atoms with Gasteiger partial charge in [0.15, 0.2) is 0 Å². The van der Waals surface area contributed by atoms with Gasteiger partial charge >= 0.3 is 6.18 Å². The van der Waals surface area contributed by atoms with E-state index in [0.717, 1.165) is 18.1 Å². The minimum absolute atomic E-state index is 0.813. The Morgan fingerprint density at radius 2 is 1.85 bits per heavy atom. The summed E-state index contributed by atoms with van der Waals surface area (Å²) < 4.78 is 35.7. The molecule has 0 heterocycles. The largest absolute Gasteiger partial charge is 0.415 e. The fourth-order valence-electron chi connectivity index (χ4n) is 0.717. The van der Waals surface area contributed by atoms with Crippen molar-refractivity contribution in [3.8, 4) is 0 Å². The van der Waals surface area contributed by atoms with Gasteiger partial charge in [0.1, 0.15) is 0 Å². The van der Waals surface area contributed by atoms with E-state index in [9.17, 15) is 13.2 Å². The summed E-state index contributed by atoms with van der Waals surface area (Å²) in [6, 6.07) is 0. The van der Waals surface area contributed by atoms with Gasteiger partial charge in [-0.2, -0.15) is 13.2 Å². The van der Waals surface area contributed by atoms with Gasteiger partial charge in [-0.3, -0.25) is 0 Å². The Morgan fingerprint density at radius 1 is 1.31 bits per heavy atom. The fraction of sp³-hybridized carbons (Fsp3) is 0.400. The van der Waals surface area contributed by atoms with Crippen LogP contribution in [-0.4, -0.2) is 6.18 Å². The van der Waals surface area contributed by atoms with Crippen molar-refractivity contribution in [3.05, 3.63) is 36.0 Å². The molecule has 0 bridgehead atoms. The predicted molar refractivity (Wildman–Crippen MR) is 48.4 cm³/mol. The van der Waals surface area contributed by atoms with Crippen molar-refractivity contribution in [1.29, 1.82) is 0 Å². The molecule has 0 aromatic carbocycles. The monoisotopic (exact) mass is 190 g/mol. The maximum atomic E-state index is 11.9. The molecule has 0 aliphatic heterocycles. The van der Waals surface area contributed by atoms with Crippen LogP contribution in [0.5, 0.6) is 0 Å². The van der Waals surface area contributed by atoms with Gasteiger partial charge in [0.25, 0.3) is 0 Å². The molecule has 0 saturated carbocycles. The number of halogens is 3. The zero-order valence-corrected chi connectivity index (χ0v) is 7.78. The molecule has 0 spiro atoms. The summed E-state index contributed by atoms with van der Waals surface area (Å²) in [5.41, 5.74) is -0.00995. The van der Waals surface area contributed by atoms with Crippen LogP contribution in [0.25, 0.3) is 0 Å². The molecule has 0 saturated heterocycles. The molecule has 0 amide bonds. The van der Waals surface area contributed by atoms with Crippen molar-refractivity contribution in [2.45, 2.75) is 26.4 Å². The van der Waals surface area contributed by atoms with E-state index >= 15 is 0 Å². The quantitative estimate of drug-likeness (QED) is 0.589. The van der Waals surface area contributed by atoms with Crippen LogP contribution >= 0.6 is 0 Å². The van der Waals surface area contributed by atoms with Gasteiger partial charge in [0.2, 0.25) is 0 Å². The van der Waals surface area contributed by atoms with Crippen molar-refractivity contribution in [3.63, 3.8) is 0 Å². The second-order valence-electron chi connectivity index (χ2n) is 2.71. The Kier molecular flexibility index (Phi) is 4.52. The first-order valence-electron chi connectivity index (χ1n) is 3.99. The van der Waals surface area contributed by atoms with Crippen LogP contribution in [0.4, 0.5) is 13.2 Å². The minimum atomic E-state index is -4.32. The second-order valence-corrected chi connectivity index (χ2v) is 2.71. The summed E-state index contributed by atoms with van der Waals surface area (Å²) in [5, 5.41) is 0. The van der Waals surface area contributed by atoms with E-state index in [-0.39, 0.29) is 0 Å². The van der Waals surface area contributed by atoms with E-state index in [4.69, 9.17) is 0 Å². The van der Waals surface area contributed by atoms with Crippen LogP contribution in [-0.2, 0) is 0 Å². The van der Waals surface area contributed by atoms with Gasteiger partial charge in [0, 0.05) is 5.57 Å². The third-order valence-electron chi connectivity index (χ3n) is 1.44. The Hall–Kier alpha value is -0.990. The number of hydrogen-bond donors (Lipinski definition) is 0. The Balaban J connectivity index is 4.30. The third kappa shape index (κ3) is 5.28. The number of alkyl halides is 3. The van der Waals surface area contributed by atoms with E-state index in [1.807, 2.05) is 13.0 Å². The van der Waals surface area contributed by atoms with E-state index < -0.39 is 11.7 Å². The van der Waals surface area contributed by atoms with E-state index in [2.05, 4.69) is 6.58 Å². The van der Waals surface area contributed by atoms with Gasteiger partial charge in [-0.05, 0) is 13.3 Å². The summed E-state index contributed by atoms with van der Waals surface area (Å²) in [6.07, 6.45) is 0.749. The Bertz CT molecular complexity index is 231. The average Bonchev–Trinajstić information content (AvgIpc) is 1.99. The standard InChI is InChI=1S/C10H13F3/c1-4-5-8(2)6-7-9(3)10(11,12)13/h5-7H,3-4H2,1-2H3/b7-6-,8-5-. The van der Waals surface area contributed by atoms with Crippen molar-refractivity contribution in [2.75, 3.05) is 0 Å². The molecule has 0 aliphatic rings. The summed E-state index contributed by atoms with van der Waals surface area (Å²) in [5.74, 6) is 0. The summed E-state index contributed by atoms with van der Waals surface area (Å²) in [4.78, 5) is 0. The summed E-state index contributed by atoms with van der Waals surface area (Å²) >= 11 is 0. The molecule has 0 aromatic heterocycles.